The summed E-state index contributed by atoms with van der Waals surface area (Å²) in [4.78, 5) is 9.78. The van der Waals surface area contributed by atoms with Crippen LogP contribution in [0.1, 0.15) is 6.42 Å². The van der Waals surface area contributed by atoms with Gasteiger partial charge in [-0.2, -0.15) is 0 Å². The van der Waals surface area contributed by atoms with E-state index in [2.05, 4.69) is 0 Å². The SMILES string of the molecule is CO[SiH2]O[SiH2]CCC=O. The van der Waals surface area contributed by atoms with Gasteiger partial charge in [0.15, 0.2) is 0 Å². The number of rotatable bonds is 6. The van der Waals surface area contributed by atoms with Crippen LogP contribution >= 0.6 is 0 Å². The summed E-state index contributed by atoms with van der Waals surface area (Å²) in [5, 5.41) is 0. The molecule has 0 bridgehead atoms. The highest BCUT2D eigenvalue weighted by atomic mass is 28.3. The van der Waals surface area contributed by atoms with Crippen molar-refractivity contribution in [3.05, 3.63) is 0 Å². The predicted molar refractivity (Wildman–Crippen MR) is 40.7 cm³/mol. The molecule has 0 rings (SSSR count). The zero-order valence-electron chi connectivity index (χ0n) is 5.63. The van der Waals surface area contributed by atoms with Crippen LogP contribution in [0.2, 0.25) is 6.04 Å². The predicted octanol–water partition coefficient (Wildman–Crippen LogP) is -1.26. The van der Waals surface area contributed by atoms with Crippen LogP contribution in [-0.2, 0) is 13.3 Å². The molecule has 0 aromatic heterocycles. The Kier molecular flexibility index (Phi) is 8.04. The van der Waals surface area contributed by atoms with Crippen LogP contribution in [0, 0.1) is 0 Å². The van der Waals surface area contributed by atoms with Gasteiger partial charge in [0.2, 0.25) is 0 Å². The zero-order valence-corrected chi connectivity index (χ0v) is 8.46. The second-order valence-corrected chi connectivity index (χ2v) is 5.19. The smallest absolute Gasteiger partial charge is 0.293 e. The van der Waals surface area contributed by atoms with E-state index < -0.39 is 19.8 Å². The number of carbonyl (C=O) groups excluding carboxylic acids is 1. The molecule has 0 aliphatic heterocycles. The summed E-state index contributed by atoms with van der Waals surface area (Å²) in [6.07, 6.45) is 1.59. The van der Waals surface area contributed by atoms with Crippen molar-refractivity contribution in [1.29, 1.82) is 0 Å². The maximum atomic E-state index is 9.78. The lowest BCUT2D eigenvalue weighted by Gasteiger charge is -1.97. The van der Waals surface area contributed by atoms with Gasteiger partial charge in [-0.3, -0.25) is 0 Å². The topological polar surface area (TPSA) is 35.5 Å². The van der Waals surface area contributed by atoms with Gasteiger partial charge in [-0.1, -0.05) is 0 Å². The minimum Gasteiger partial charge on any atom is -0.446 e. The molecule has 0 spiro atoms. The molecule has 0 heterocycles. The molecule has 54 valence electrons. The fourth-order valence-corrected chi connectivity index (χ4v) is 2.70. The molecule has 0 saturated carbocycles. The van der Waals surface area contributed by atoms with E-state index >= 15 is 0 Å². The Morgan fingerprint density at radius 1 is 1.67 bits per heavy atom. The van der Waals surface area contributed by atoms with E-state index in [9.17, 15) is 4.79 Å². The van der Waals surface area contributed by atoms with Crippen molar-refractivity contribution in [2.45, 2.75) is 12.5 Å². The number of aldehydes is 1. The molecule has 5 heteroatoms. The minimum atomic E-state index is -0.660. The van der Waals surface area contributed by atoms with Gasteiger partial charge in [0, 0.05) is 13.5 Å². The molecule has 0 saturated heterocycles. The molecule has 0 amide bonds. The highest BCUT2D eigenvalue weighted by Crippen LogP contribution is 1.82. The Morgan fingerprint density at radius 3 is 3.00 bits per heavy atom. The van der Waals surface area contributed by atoms with Gasteiger partial charge in [0.1, 0.15) is 16.0 Å². The van der Waals surface area contributed by atoms with Crippen LogP contribution in [0.3, 0.4) is 0 Å². The Balaban J connectivity index is 2.66. The molecular weight excluding hydrogens is 152 g/mol. The summed E-state index contributed by atoms with van der Waals surface area (Å²) < 4.78 is 9.97. The molecule has 0 aromatic carbocycles. The molecule has 3 nitrogen and oxygen atoms in total. The van der Waals surface area contributed by atoms with E-state index in [1.807, 2.05) is 0 Å². The third-order valence-corrected chi connectivity index (χ3v) is 3.57. The highest BCUT2D eigenvalue weighted by molar-refractivity contribution is 6.39. The van der Waals surface area contributed by atoms with Crippen molar-refractivity contribution in [3.8, 4) is 0 Å². The molecule has 0 fully saturated rings. The molecule has 0 radical (unpaired) electrons. The van der Waals surface area contributed by atoms with Gasteiger partial charge in [0.05, 0.1) is 0 Å². The Hall–Kier alpha value is 0.0238. The van der Waals surface area contributed by atoms with E-state index in [0.29, 0.717) is 6.42 Å². The van der Waals surface area contributed by atoms with Crippen molar-refractivity contribution < 1.29 is 13.3 Å². The molecule has 0 aromatic rings. The van der Waals surface area contributed by atoms with Crippen LogP contribution < -0.4 is 0 Å². The minimum absolute atomic E-state index is 0.405. The normalized spacial score (nSPS) is 12.1. The standard InChI is InChI=1S/C4H12O3Si2/c1-6-9-7-8-4-2-3-5/h3H,2,4,8-9H2,1H3. The quantitative estimate of drug-likeness (QED) is 0.279. The van der Waals surface area contributed by atoms with Crippen molar-refractivity contribution in [3.63, 3.8) is 0 Å². The maximum Gasteiger partial charge on any atom is 0.293 e. The van der Waals surface area contributed by atoms with Crippen molar-refractivity contribution in [2.24, 2.45) is 0 Å². The maximum absolute atomic E-state index is 9.78. The fourth-order valence-electron chi connectivity index (χ4n) is 0.411. The monoisotopic (exact) mass is 164 g/mol. The van der Waals surface area contributed by atoms with Crippen LogP contribution in [0.4, 0.5) is 0 Å². The van der Waals surface area contributed by atoms with Gasteiger partial charge < -0.3 is 13.3 Å². The van der Waals surface area contributed by atoms with Crippen molar-refractivity contribution >= 4 is 26.1 Å². The number of hydrogen-bond acceptors (Lipinski definition) is 3. The Labute approximate surface area is 59.7 Å². The zero-order chi connectivity index (χ0) is 6.95. The Morgan fingerprint density at radius 2 is 2.44 bits per heavy atom. The van der Waals surface area contributed by atoms with Crippen LogP contribution in [0.15, 0.2) is 0 Å². The lowest BCUT2D eigenvalue weighted by atomic mass is 10.6. The summed E-state index contributed by atoms with van der Waals surface area (Å²) in [5.74, 6) is 0. The average molecular weight is 164 g/mol. The third kappa shape index (κ3) is 8.02. The van der Waals surface area contributed by atoms with Gasteiger partial charge in [-0.15, -0.1) is 0 Å². The van der Waals surface area contributed by atoms with Gasteiger partial charge in [-0.05, 0) is 6.04 Å². The van der Waals surface area contributed by atoms with E-state index in [1.165, 1.54) is 0 Å². The Bertz CT molecular complexity index is 68.8. The average Bonchev–Trinajstić information content (AvgIpc) is 1.89. The van der Waals surface area contributed by atoms with Crippen LogP contribution in [0.5, 0.6) is 0 Å². The third-order valence-electron chi connectivity index (χ3n) is 0.812. The van der Waals surface area contributed by atoms with Gasteiger partial charge >= 0.3 is 0 Å². The lowest BCUT2D eigenvalue weighted by molar-refractivity contribution is -0.107. The van der Waals surface area contributed by atoms with Gasteiger partial charge in [0.25, 0.3) is 10.0 Å². The van der Waals surface area contributed by atoms with E-state index in [0.717, 1.165) is 12.3 Å². The molecule has 9 heavy (non-hydrogen) atoms. The van der Waals surface area contributed by atoms with Crippen molar-refractivity contribution in [1.82, 2.24) is 0 Å². The lowest BCUT2D eigenvalue weighted by Crippen LogP contribution is -2.05. The van der Waals surface area contributed by atoms with Crippen LogP contribution in [0.25, 0.3) is 0 Å². The number of carbonyl (C=O) groups is 1. The molecule has 0 atom stereocenters. The molecule has 0 unspecified atom stereocenters. The first kappa shape index (κ1) is 9.02. The van der Waals surface area contributed by atoms with E-state index in [4.69, 9.17) is 8.54 Å². The van der Waals surface area contributed by atoms with E-state index in [-0.39, 0.29) is 0 Å². The summed E-state index contributed by atoms with van der Waals surface area (Å²) in [6.45, 7) is 0. The molecule has 0 aliphatic carbocycles. The summed E-state index contributed by atoms with van der Waals surface area (Å²) in [5.41, 5.74) is 0. The molecule has 0 aliphatic rings. The first-order valence-electron chi connectivity index (χ1n) is 2.92. The highest BCUT2D eigenvalue weighted by Gasteiger charge is 1.87. The van der Waals surface area contributed by atoms with Crippen molar-refractivity contribution in [2.75, 3.05) is 7.11 Å². The molecular formula is C4H12O3Si2. The second-order valence-electron chi connectivity index (χ2n) is 1.62. The first-order valence-corrected chi connectivity index (χ1v) is 5.65. The van der Waals surface area contributed by atoms with Gasteiger partial charge in [-0.25, -0.2) is 0 Å². The fraction of sp³-hybridized carbons (Fsp3) is 0.750. The largest absolute Gasteiger partial charge is 0.446 e. The molecule has 0 N–H and O–H groups in total. The summed E-state index contributed by atoms with van der Waals surface area (Å²) in [6, 6.07) is 0.958. The van der Waals surface area contributed by atoms with Crippen LogP contribution in [-0.4, -0.2) is 33.2 Å². The summed E-state index contributed by atoms with van der Waals surface area (Å²) >= 11 is 0. The summed E-state index contributed by atoms with van der Waals surface area (Å²) in [7, 11) is 0.587. The second kappa shape index (κ2) is 8.02. The van der Waals surface area contributed by atoms with E-state index in [1.54, 1.807) is 7.11 Å². The first-order chi connectivity index (χ1) is 4.41. The number of hydrogen-bond donors (Lipinski definition) is 0.